The first-order valence-electron chi connectivity index (χ1n) is 5.76. The van der Waals surface area contributed by atoms with Crippen molar-refractivity contribution < 1.29 is 18.7 Å². The van der Waals surface area contributed by atoms with E-state index in [1.165, 1.54) is 19.2 Å². The van der Waals surface area contributed by atoms with E-state index in [0.717, 1.165) is 6.07 Å². The number of nitrogen functional groups attached to an aromatic ring is 2. The maximum Gasteiger partial charge on any atom is 0.341 e. The maximum atomic E-state index is 13.7. The van der Waals surface area contributed by atoms with Gasteiger partial charge in [-0.05, 0) is 12.1 Å². The summed E-state index contributed by atoms with van der Waals surface area (Å²) in [5.41, 5.74) is 10.5. The molecule has 0 aliphatic heterocycles. The van der Waals surface area contributed by atoms with Crippen molar-refractivity contribution in [3.05, 3.63) is 35.4 Å². The normalized spacial score (nSPS) is 10.2. The number of hydrogen-bond donors (Lipinski definition) is 2. The van der Waals surface area contributed by atoms with E-state index in [4.69, 9.17) is 20.9 Å². The van der Waals surface area contributed by atoms with Gasteiger partial charge in [-0.1, -0.05) is 0 Å². The summed E-state index contributed by atoms with van der Waals surface area (Å²) in [5.74, 6) is -1.44. The Morgan fingerprint density at radius 3 is 2.48 bits per heavy atom. The molecule has 0 radical (unpaired) electrons. The molecule has 8 nitrogen and oxygen atoms in total. The zero-order valence-electron chi connectivity index (χ0n) is 11.0. The van der Waals surface area contributed by atoms with Crippen molar-refractivity contribution in [2.24, 2.45) is 0 Å². The lowest BCUT2D eigenvalue weighted by Gasteiger charge is -2.06. The highest BCUT2D eigenvalue weighted by Crippen LogP contribution is 2.17. The second kappa shape index (κ2) is 5.99. The Morgan fingerprint density at radius 2 is 1.90 bits per heavy atom. The topological polar surface area (TPSA) is 126 Å². The van der Waals surface area contributed by atoms with Crippen LogP contribution in [0.5, 0.6) is 5.75 Å². The molecule has 1 heterocycles. The first-order valence-corrected chi connectivity index (χ1v) is 5.76. The summed E-state index contributed by atoms with van der Waals surface area (Å²) < 4.78 is 23.4. The number of nitrogens with zero attached hydrogens (tertiary/aromatic N) is 3. The zero-order valence-corrected chi connectivity index (χ0v) is 11.0. The highest BCUT2D eigenvalue weighted by Gasteiger charge is 2.15. The van der Waals surface area contributed by atoms with E-state index in [0.29, 0.717) is 5.75 Å². The van der Waals surface area contributed by atoms with Gasteiger partial charge in [-0.15, -0.1) is 0 Å². The van der Waals surface area contributed by atoms with Crippen LogP contribution in [0, 0.1) is 5.82 Å². The number of esters is 1. The van der Waals surface area contributed by atoms with Crippen LogP contribution in [0.3, 0.4) is 0 Å². The predicted molar refractivity (Wildman–Crippen MR) is 70.7 cm³/mol. The van der Waals surface area contributed by atoms with Crippen LogP contribution < -0.4 is 16.2 Å². The van der Waals surface area contributed by atoms with Crippen LogP contribution in [-0.2, 0) is 11.3 Å². The maximum absolute atomic E-state index is 13.7. The number of halogens is 1. The average Bonchev–Trinajstić information content (AvgIpc) is 2.43. The summed E-state index contributed by atoms with van der Waals surface area (Å²) in [6, 6.07) is 3.78. The predicted octanol–water partition coefficient (Wildman–Crippen LogP) is 0.541. The van der Waals surface area contributed by atoms with Crippen molar-refractivity contribution in [1.82, 2.24) is 15.0 Å². The van der Waals surface area contributed by atoms with Crippen LogP contribution in [-0.4, -0.2) is 28.0 Å². The first kappa shape index (κ1) is 14.4. The molecule has 0 amide bonds. The minimum absolute atomic E-state index is 0.0715. The lowest BCUT2D eigenvalue weighted by atomic mass is 10.2. The van der Waals surface area contributed by atoms with Crippen LogP contribution in [0.25, 0.3) is 0 Å². The molecule has 1 aromatic carbocycles. The van der Waals surface area contributed by atoms with Crippen molar-refractivity contribution in [1.29, 1.82) is 0 Å². The van der Waals surface area contributed by atoms with Gasteiger partial charge in [0.15, 0.2) is 12.4 Å². The lowest BCUT2D eigenvalue weighted by molar-refractivity contribution is 0.0456. The van der Waals surface area contributed by atoms with Gasteiger partial charge in [0.25, 0.3) is 0 Å². The third-order valence-electron chi connectivity index (χ3n) is 2.44. The zero-order chi connectivity index (χ0) is 15.4. The van der Waals surface area contributed by atoms with Gasteiger partial charge >= 0.3 is 5.97 Å². The highest BCUT2D eigenvalue weighted by atomic mass is 19.1. The van der Waals surface area contributed by atoms with Gasteiger partial charge in [0.2, 0.25) is 11.9 Å². The highest BCUT2D eigenvalue weighted by molar-refractivity contribution is 5.89. The fraction of sp³-hybridized carbons (Fsp3) is 0.167. The molecule has 1 aromatic heterocycles. The SMILES string of the molecule is COc1ccc(C(=O)OCc2nc(N)nc(N)n2)c(F)c1. The van der Waals surface area contributed by atoms with Crippen LogP contribution in [0.2, 0.25) is 0 Å². The fourth-order valence-corrected chi connectivity index (χ4v) is 1.52. The Hall–Kier alpha value is -2.97. The van der Waals surface area contributed by atoms with E-state index in [1.54, 1.807) is 0 Å². The molecular formula is C12H12FN5O3. The third kappa shape index (κ3) is 3.53. The minimum atomic E-state index is -0.868. The largest absolute Gasteiger partial charge is 0.497 e. The van der Waals surface area contributed by atoms with E-state index in [-0.39, 0.29) is 29.9 Å². The van der Waals surface area contributed by atoms with Gasteiger partial charge < -0.3 is 20.9 Å². The molecule has 0 bridgehead atoms. The lowest BCUT2D eigenvalue weighted by Crippen LogP contribution is -2.12. The summed E-state index contributed by atoms with van der Waals surface area (Å²) in [5, 5.41) is 0. The molecular weight excluding hydrogens is 281 g/mol. The Morgan fingerprint density at radius 1 is 1.24 bits per heavy atom. The number of ether oxygens (including phenoxy) is 2. The molecule has 0 unspecified atom stereocenters. The second-order valence-electron chi connectivity index (χ2n) is 3.89. The van der Waals surface area contributed by atoms with Gasteiger partial charge in [-0.3, -0.25) is 0 Å². The van der Waals surface area contributed by atoms with Gasteiger partial charge in [0, 0.05) is 6.07 Å². The van der Waals surface area contributed by atoms with E-state index < -0.39 is 11.8 Å². The molecule has 2 rings (SSSR count). The van der Waals surface area contributed by atoms with Crippen molar-refractivity contribution >= 4 is 17.9 Å². The number of methoxy groups -OCH3 is 1. The summed E-state index contributed by atoms with van der Waals surface area (Å²) in [6.45, 7) is -0.304. The standard InChI is InChI=1S/C12H12FN5O3/c1-20-6-2-3-7(8(13)4-6)10(19)21-5-9-16-11(14)18-12(15)17-9/h2-4H,5H2,1H3,(H4,14,15,16,17,18). The molecule has 0 saturated heterocycles. The quantitative estimate of drug-likeness (QED) is 0.782. The van der Waals surface area contributed by atoms with Crippen LogP contribution >= 0.6 is 0 Å². The average molecular weight is 293 g/mol. The number of benzene rings is 1. The van der Waals surface area contributed by atoms with Gasteiger partial charge in [-0.2, -0.15) is 15.0 Å². The number of anilines is 2. The molecule has 0 aliphatic rings. The fourth-order valence-electron chi connectivity index (χ4n) is 1.52. The van der Waals surface area contributed by atoms with Crippen LogP contribution in [0.1, 0.15) is 16.2 Å². The van der Waals surface area contributed by atoms with E-state index in [9.17, 15) is 9.18 Å². The number of carbonyl (C=O) groups excluding carboxylic acids is 1. The molecule has 0 spiro atoms. The molecule has 0 saturated carbocycles. The molecule has 0 atom stereocenters. The smallest absolute Gasteiger partial charge is 0.341 e. The Labute approximate surface area is 118 Å². The number of carbonyl (C=O) groups is 1. The van der Waals surface area contributed by atoms with E-state index >= 15 is 0 Å². The second-order valence-corrected chi connectivity index (χ2v) is 3.89. The molecule has 21 heavy (non-hydrogen) atoms. The summed E-state index contributed by atoms with van der Waals surface area (Å²) in [6.07, 6.45) is 0. The Bertz CT molecular complexity index is 660. The van der Waals surface area contributed by atoms with Crippen molar-refractivity contribution in [2.75, 3.05) is 18.6 Å². The minimum Gasteiger partial charge on any atom is -0.497 e. The number of aromatic nitrogens is 3. The van der Waals surface area contributed by atoms with E-state index in [1.807, 2.05) is 0 Å². The Kier molecular flexibility index (Phi) is 4.12. The summed E-state index contributed by atoms with van der Waals surface area (Å²) >= 11 is 0. The van der Waals surface area contributed by atoms with Gasteiger partial charge in [0.1, 0.15) is 11.6 Å². The summed E-state index contributed by atoms with van der Waals surface area (Å²) in [7, 11) is 1.39. The molecule has 9 heteroatoms. The molecule has 4 N–H and O–H groups in total. The van der Waals surface area contributed by atoms with Crippen LogP contribution in [0.15, 0.2) is 18.2 Å². The monoisotopic (exact) mass is 293 g/mol. The first-order chi connectivity index (χ1) is 9.99. The molecule has 2 aromatic rings. The number of rotatable bonds is 4. The molecule has 110 valence electrons. The van der Waals surface area contributed by atoms with Crippen molar-refractivity contribution in [3.63, 3.8) is 0 Å². The summed E-state index contributed by atoms with van der Waals surface area (Å²) in [4.78, 5) is 22.8. The molecule has 0 fully saturated rings. The van der Waals surface area contributed by atoms with Crippen molar-refractivity contribution in [2.45, 2.75) is 6.61 Å². The van der Waals surface area contributed by atoms with E-state index in [2.05, 4.69) is 15.0 Å². The van der Waals surface area contributed by atoms with Crippen LogP contribution in [0.4, 0.5) is 16.3 Å². The third-order valence-corrected chi connectivity index (χ3v) is 2.44. The Balaban J connectivity index is 2.08. The van der Waals surface area contributed by atoms with Crippen molar-refractivity contribution in [3.8, 4) is 5.75 Å². The number of nitrogens with two attached hydrogens (primary N) is 2. The van der Waals surface area contributed by atoms with Gasteiger partial charge in [-0.25, -0.2) is 9.18 Å². The molecule has 0 aliphatic carbocycles. The van der Waals surface area contributed by atoms with Gasteiger partial charge in [0.05, 0.1) is 12.7 Å². The number of hydrogen-bond acceptors (Lipinski definition) is 8.